The van der Waals surface area contributed by atoms with Gasteiger partial charge in [0.25, 0.3) is 5.91 Å². The molecule has 0 fully saturated rings. The summed E-state index contributed by atoms with van der Waals surface area (Å²) in [6, 6.07) is 9.38. The van der Waals surface area contributed by atoms with E-state index in [1.165, 1.54) is 12.3 Å². The first-order valence-corrected chi connectivity index (χ1v) is 8.33. The first-order valence-electron chi connectivity index (χ1n) is 8.33. The van der Waals surface area contributed by atoms with Crippen LogP contribution in [0.1, 0.15) is 36.4 Å². The fourth-order valence-corrected chi connectivity index (χ4v) is 2.43. The van der Waals surface area contributed by atoms with E-state index < -0.39 is 17.9 Å². The molecule has 7 heteroatoms. The van der Waals surface area contributed by atoms with Gasteiger partial charge in [-0.3, -0.25) is 14.4 Å². The van der Waals surface area contributed by atoms with Crippen molar-refractivity contribution in [3.8, 4) is 0 Å². The van der Waals surface area contributed by atoms with Crippen LogP contribution in [0.15, 0.2) is 47.1 Å². The van der Waals surface area contributed by atoms with Crippen molar-refractivity contribution in [3.05, 3.63) is 54.0 Å². The van der Waals surface area contributed by atoms with E-state index in [9.17, 15) is 14.4 Å². The lowest BCUT2D eigenvalue weighted by atomic mass is 10.0. The summed E-state index contributed by atoms with van der Waals surface area (Å²) in [4.78, 5) is 35.4. The number of carboxylic acids is 1. The molecule has 0 aliphatic rings. The number of anilines is 1. The number of nitrogens with one attached hydrogen (secondary N) is 2. The molecule has 2 aromatic rings. The number of aliphatic carboxylic acids is 1. The summed E-state index contributed by atoms with van der Waals surface area (Å²) in [5.41, 5.74) is 1.36. The fourth-order valence-electron chi connectivity index (χ4n) is 2.43. The van der Waals surface area contributed by atoms with Crippen LogP contribution in [0, 0.1) is 5.92 Å². The van der Waals surface area contributed by atoms with Crippen LogP contribution in [0.5, 0.6) is 0 Å². The number of carbonyl (C=O) groups excluding carboxylic acids is 2. The van der Waals surface area contributed by atoms with Crippen LogP contribution in [-0.4, -0.2) is 28.9 Å². The van der Waals surface area contributed by atoms with Crippen LogP contribution in [0.25, 0.3) is 0 Å². The third kappa shape index (κ3) is 5.47. The normalized spacial score (nSPS) is 11.8. The highest BCUT2D eigenvalue weighted by atomic mass is 16.4. The van der Waals surface area contributed by atoms with Crippen molar-refractivity contribution >= 4 is 23.5 Å². The Bertz CT molecular complexity index is 768. The van der Waals surface area contributed by atoms with Gasteiger partial charge in [0.1, 0.15) is 6.04 Å². The van der Waals surface area contributed by atoms with Crippen LogP contribution >= 0.6 is 0 Å². The molecule has 0 aliphatic carbocycles. The Kier molecular flexibility index (Phi) is 6.54. The Balaban J connectivity index is 2.04. The quantitative estimate of drug-likeness (QED) is 0.672. The number of amides is 2. The predicted molar refractivity (Wildman–Crippen MR) is 95.8 cm³/mol. The zero-order valence-corrected chi connectivity index (χ0v) is 14.7. The van der Waals surface area contributed by atoms with Crippen LogP contribution in [0.3, 0.4) is 0 Å². The van der Waals surface area contributed by atoms with Crippen molar-refractivity contribution in [2.24, 2.45) is 5.92 Å². The lowest BCUT2D eigenvalue weighted by Crippen LogP contribution is -2.47. The third-order valence-corrected chi connectivity index (χ3v) is 3.80. The molecule has 0 bridgehead atoms. The van der Waals surface area contributed by atoms with Gasteiger partial charge in [0.2, 0.25) is 5.91 Å². The van der Waals surface area contributed by atoms with Crippen molar-refractivity contribution in [2.45, 2.75) is 32.7 Å². The number of carbonyl (C=O) groups is 3. The highest BCUT2D eigenvalue weighted by Crippen LogP contribution is 2.14. The summed E-state index contributed by atoms with van der Waals surface area (Å²) >= 11 is 0. The summed E-state index contributed by atoms with van der Waals surface area (Å²) in [7, 11) is 0. The van der Waals surface area contributed by atoms with Gasteiger partial charge >= 0.3 is 5.97 Å². The number of furan rings is 1. The van der Waals surface area contributed by atoms with Gasteiger partial charge in [0, 0.05) is 12.1 Å². The minimum Gasteiger partial charge on any atom is -0.481 e. The van der Waals surface area contributed by atoms with Crippen LogP contribution in [0.2, 0.25) is 0 Å². The van der Waals surface area contributed by atoms with Gasteiger partial charge in [-0.1, -0.05) is 26.0 Å². The molecule has 0 radical (unpaired) electrons. The SMILES string of the molecule is CC(C)C(NC(=O)c1ccco1)C(=O)Nc1cccc(CCC(=O)O)c1. The molecule has 1 atom stereocenters. The fraction of sp³-hybridized carbons (Fsp3) is 0.316. The summed E-state index contributed by atoms with van der Waals surface area (Å²) < 4.78 is 5.04. The van der Waals surface area contributed by atoms with Crippen molar-refractivity contribution in [1.29, 1.82) is 0 Å². The molecule has 0 saturated carbocycles. The smallest absolute Gasteiger partial charge is 0.303 e. The maximum Gasteiger partial charge on any atom is 0.303 e. The molecule has 1 unspecified atom stereocenters. The van der Waals surface area contributed by atoms with Gasteiger partial charge in [0.05, 0.1) is 6.26 Å². The van der Waals surface area contributed by atoms with Gasteiger partial charge in [-0.25, -0.2) is 0 Å². The lowest BCUT2D eigenvalue weighted by molar-refractivity contribution is -0.137. The molecular weight excluding hydrogens is 336 g/mol. The number of hydrogen-bond acceptors (Lipinski definition) is 4. The molecular formula is C19H22N2O5. The second-order valence-electron chi connectivity index (χ2n) is 6.26. The lowest BCUT2D eigenvalue weighted by Gasteiger charge is -2.21. The van der Waals surface area contributed by atoms with Gasteiger partial charge in [-0.05, 0) is 42.2 Å². The summed E-state index contributed by atoms with van der Waals surface area (Å²) in [6.07, 6.45) is 1.79. The maximum absolute atomic E-state index is 12.6. The van der Waals surface area contributed by atoms with Crippen LogP contribution < -0.4 is 10.6 Å². The Morgan fingerprint density at radius 3 is 2.54 bits per heavy atom. The number of hydrogen-bond donors (Lipinski definition) is 3. The first kappa shape index (κ1) is 19.2. The van der Waals surface area contributed by atoms with E-state index >= 15 is 0 Å². The average molecular weight is 358 g/mol. The molecule has 7 nitrogen and oxygen atoms in total. The van der Waals surface area contributed by atoms with Gasteiger partial charge in [0.15, 0.2) is 5.76 Å². The summed E-state index contributed by atoms with van der Waals surface area (Å²) in [5, 5.41) is 14.2. The molecule has 0 saturated heterocycles. The highest BCUT2D eigenvalue weighted by molar-refractivity contribution is 6.00. The Labute approximate surface area is 151 Å². The molecule has 0 spiro atoms. The van der Waals surface area contributed by atoms with Crippen molar-refractivity contribution < 1.29 is 23.9 Å². The monoisotopic (exact) mass is 358 g/mol. The van der Waals surface area contributed by atoms with Crippen molar-refractivity contribution in [2.75, 3.05) is 5.32 Å². The average Bonchev–Trinajstić information content (AvgIpc) is 3.12. The van der Waals surface area contributed by atoms with Crippen molar-refractivity contribution in [3.63, 3.8) is 0 Å². The summed E-state index contributed by atoms with van der Waals surface area (Å²) in [5.74, 6) is -1.68. The third-order valence-electron chi connectivity index (χ3n) is 3.80. The zero-order chi connectivity index (χ0) is 19.1. The molecule has 2 amide bonds. The predicted octanol–water partition coefficient (Wildman–Crippen LogP) is 2.69. The van der Waals surface area contributed by atoms with Crippen molar-refractivity contribution in [1.82, 2.24) is 5.32 Å². The molecule has 1 aromatic heterocycles. The minimum atomic E-state index is -0.875. The van der Waals surface area contributed by atoms with E-state index in [1.807, 2.05) is 13.8 Å². The van der Waals surface area contributed by atoms with E-state index in [-0.39, 0.29) is 24.0 Å². The molecule has 0 aliphatic heterocycles. The number of benzene rings is 1. The zero-order valence-electron chi connectivity index (χ0n) is 14.7. The molecule has 1 heterocycles. The number of carboxylic acid groups (broad SMARTS) is 1. The Morgan fingerprint density at radius 2 is 1.92 bits per heavy atom. The van der Waals surface area contributed by atoms with E-state index in [0.717, 1.165) is 5.56 Å². The first-order chi connectivity index (χ1) is 12.4. The number of aryl methyl sites for hydroxylation is 1. The van der Waals surface area contributed by atoms with Crippen LogP contribution in [-0.2, 0) is 16.0 Å². The minimum absolute atomic E-state index is 0.0191. The topological polar surface area (TPSA) is 109 Å². The summed E-state index contributed by atoms with van der Waals surface area (Å²) in [6.45, 7) is 3.66. The molecule has 138 valence electrons. The van der Waals surface area contributed by atoms with E-state index in [0.29, 0.717) is 12.1 Å². The Hall–Kier alpha value is -3.09. The van der Waals surface area contributed by atoms with Gasteiger partial charge in [-0.2, -0.15) is 0 Å². The highest BCUT2D eigenvalue weighted by Gasteiger charge is 2.25. The second-order valence-corrected chi connectivity index (χ2v) is 6.26. The van der Waals surface area contributed by atoms with E-state index in [4.69, 9.17) is 9.52 Å². The standard InChI is InChI=1S/C19H22N2O5/c1-12(2)17(21-18(24)15-7-4-10-26-15)19(25)20-14-6-3-5-13(11-14)8-9-16(22)23/h3-7,10-12,17H,8-9H2,1-2H3,(H,20,25)(H,21,24)(H,22,23). The van der Waals surface area contributed by atoms with Gasteiger partial charge < -0.3 is 20.2 Å². The van der Waals surface area contributed by atoms with Gasteiger partial charge in [-0.15, -0.1) is 0 Å². The molecule has 1 aromatic carbocycles. The molecule has 26 heavy (non-hydrogen) atoms. The van der Waals surface area contributed by atoms with E-state index in [1.54, 1.807) is 30.3 Å². The van der Waals surface area contributed by atoms with Crippen LogP contribution in [0.4, 0.5) is 5.69 Å². The van der Waals surface area contributed by atoms with E-state index in [2.05, 4.69) is 10.6 Å². The number of rotatable bonds is 8. The largest absolute Gasteiger partial charge is 0.481 e. The Morgan fingerprint density at radius 1 is 1.15 bits per heavy atom. The molecule has 2 rings (SSSR count). The molecule has 3 N–H and O–H groups in total. The maximum atomic E-state index is 12.6. The second kappa shape index (κ2) is 8.84.